The van der Waals surface area contributed by atoms with Crippen LogP contribution < -0.4 is 5.32 Å². The molecule has 1 fully saturated rings. The van der Waals surface area contributed by atoms with E-state index in [1.807, 2.05) is 6.92 Å². The molecule has 1 unspecified atom stereocenters. The number of ether oxygens (including phenoxy) is 1. The van der Waals surface area contributed by atoms with Crippen molar-refractivity contribution in [2.75, 3.05) is 13.2 Å². The van der Waals surface area contributed by atoms with Gasteiger partial charge in [-0.1, -0.05) is 20.8 Å². The summed E-state index contributed by atoms with van der Waals surface area (Å²) in [6.45, 7) is 10.6. The van der Waals surface area contributed by atoms with E-state index in [9.17, 15) is 5.26 Å². The summed E-state index contributed by atoms with van der Waals surface area (Å²) in [4.78, 5) is 0. The maximum atomic E-state index is 9.28. The van der Waals surface area contributed by atoms with Crippen LogP contribution in [0.1, 0.15) is 79.1 Å². The van der Waals surface area contributed by atoms with Crippen molar-refractivity contribution in [3.05, 3.63) is 0 Å². The fourth-order valence-electron chi connectivity index (χ4n) is 2.95. The monoisotopic (exact) mass is 294 g/mol. The van der Waals surface area contributed by atoms with Gasteiger partial charge in [-0.3, -0.25) is 5.32 Å². The number of nitriles is 1. The first kappa shape index (κ1) is 18.5. The lowest BCUT2D eigenvalue weighted by Crippen LogP contribution is -2.41. The molecule has 0 aromatic rings. The Hall–Kier alpha value is -0.590. The summed E-state index contributed by atoms with van der Waals surface area (Å²) in [5.74, 6) is 0. The first-order chi connectivity index (χ1) is 9.91. The van der Waals surface area contributed by atoms with Crippen molar-refractivity contribution < 1.29 is 4.74 Å². The molecule has 0 radical (unpaired) electrons. The summed E-state index contributed by atoms with van der Waals surface area (Å²) < 4.78 is 6.00. The van der Waals surface area contributed by atoms with E-state index in [0.29, 0.717) is 11.5 Å². The summed E-state index contributed by atoms with van der Waals surface area (Å²) in [5, 5.41) is 12.6. The SMILES string of the molecule is CCCNC(C)(C#N)CCCCOC1CCC(C)(C)CC1. The number of nitrogens with zero attached hydrogens (tertiary/aromatic N) is 1. The molecule has 1 rings (SSSR count). The molecular weight excluding hydrogens is 260 g/mol. The minimum atomic E-state index is -0.370. The highest BCUT2D eigenvalue weighted by molar-refractivity contribution is 5.03. The second-order valence-electron chi connectivity index (χ2n) is 7.56. The normalized spacial score (nSPS) is 21.7. The Kier molecular flexibility index (Phi) is 7.70. The van der Waals surface area contributed by atoms with Gasteiger partial charge in [-0.05, 0) is 70.3 Å². The fourth-order valence-corrected chi connectivity index (χ4v) is 2.95. The van der Waals surface area contributed by atoms with Crippen LogP contribution in [0.4, 0.5) is 0 Å². The van der Waals surface area contributed by atoms with Gasteiger partial charge >= 0.3 is 0 Å². The van der Waals surface area contributed by atoms with Crippen molar-refractivity contribution in [3.63, 3.8) is 0 Å². The predicted molar refractivity (Wildman–Crippen MR) is 88.2 cm³/mol. The van der Waals surface area contributed by atoms with Crippen LogP contribution in [0.3, 0.4) is 0 Å². The van der Waals surface area contributed by atoms with Crippen LogP contribution in [-0.2, 0) is 4.74 Å². The standard InChI is InChI=1S/C18H34N2O/c1-5-13-20-18(4,15-19)10-6-7-14-21-16-8-11-17(2,3)12-9-16/h16,20H,5-14H2,1-4H3. The first-order valence-corrected chi connectivity index (χ1v) is 8.69. The first-order valence-electron chi connectivity index (χ1n) is 8.69. The van der Waals surface area contributed by atoms with Gasteiger partial charge in [-0.2, -0.15) is 5.26 Å². The molecule has 3 heteroatoms. The van der Waals surface area contributed by atoms with Crippen molar-refractivity contribution in [2.45, 2.75) is 90.7 Å². The molecule has 0 spiro atoms. The number of hydrogen-bond donors (Lipinski definition) is 1. The third-order valence-corrected chi connectivity index (χ3v) is 4.72. The van der Waals surface area contributed by atoms with Gasteiger partial charge in [0.1, 0.15) is 5.54 Å². The number of nitrogens with one attached hydrogen (secondary N) is 1. The Morgan fingerprint density at radius 1 is 1.29 bits per heavy atom. The molecule has 0 aromatic carbocycles. The lowest BCUT2D eigenvalue weighted by Gasteiger charge is -2.34. The third-order valence-electron chi connectivity index (χ3n) is 4.72. The van der Waals surface area contributed by atoms with Gasteiger partial charge in [0, 0.05) is 6.61 Å². The second kappa shape index (κ2) is 8.76. The van der Waals surface area contributed by atoms with Gasteiger partial charge in [0.15, 0.2) is 0 Å². The number of rotatable bonds is 9. The molecule has 3 nitrogen and oxygen atoms in total. The van der Waals surface area contributed by atoms with Crippen molar-refractivity contribution in [1.29, 1.82) is 5.26 Å². The lowest BCUT2D eigenvalue weighted by molar-refractivity contribution is 0.00246. The second-order valence-corrected chi connectivity index (χ2v) is 7.56. The van der Waals surface area contributed by atoms with Crippen LogP contribution in [0, 0.1) is 16.7 Å². The summed E-state index contributed by atoms with van der Waals surface area (Å²) in [7, 11) is 0. The molecule has 0 saturated heterocycles. The topological polar surface area (TPSA) is 45.0 Å². The third kappa shape index (κ3) is 7.29. The van der Waals surface area contributed by atoms with E-state index in [0.717, 1.165) is 38.8 Å². The van der Waals surface area contributed by atoms with E-state index >= 15 is 0 Å². The van der Waals surface area contributed by atoms with Gasteiger partial charge in [-0.15, -0.1) is 0 Å². The molecule has 21 heavy (non-hydrogen) atoms. The van der Waals surface area contributed by atoms with Crippen LogP contribution in [0.15, 0.2) is 0 Å². The van der Waals surface area contributed by atoms with Crippen LogP contribution >= 0.6 is 0 Å². The van der Waals surface area contributed by atoms with Crippen molar-refractivity contribution in [1.82, 2.24) is 5.32 Å². The maximum absolute atomic E-state index is 9.28. The van der Waals surface area contributed by atoms with Crippen LogP contribution in [0.2, 0.25) is 0 Å². The maximum Gasteiger partial charge on any atom is 0.103 e. The van der Waals surface area contributed by atoms with E-state index in [1.54, 1.807) is 0 Å². The molecule has 1 aliphatic rings. The molecule has 1 saturated carbocycles. The molecule has 0 aromatic heterocycles. The summed E-state index contributed by atoms with van der Waals surface area (Å²) in [5.41, 5.74) is 0.143. The van der Waals surface area contributed by atoms with Crippen molar-refractivity contribution in [2.24, 2.45) is 5.41 Å². The Bertz CT molecular complexity index is 325. The fraction of sp³-hybridized carbons (Fsp3) is 0.944. The van der Waals surface area contributed by atoms with Gasteiger partial charge in [0.2, 0.25) is 0 Å². The number of hydrogen-bond acceptors (Lipinski definition) is 3. The molecule has 0 bridgehead atoms. The number of unbranched alkanes of at least 4 members (excludes halogenated alkanes) is 1. The van der Waals surface area contributed by atoms with E-state index in [4.69, 9.17) is 4.74 Å². The van der Waals surface area contributed by atoms with E-state index in [2.05, 4.69) is 32.2 Å². The molecular formula is C18H34N2O. The zero-order chi connectivity index (χ0) is 15.8. The average Bonchev–Trinajstić information content (AvgIpc) is 2.46. The zero-order valence-corrected chi connectivity index (χ0v) is 14.5. The quantitative estimate of drug-likeness (QED) is 0.640. The molecule has 1 N–H and O–H groups in total. The largest absolute Gasteiger partial charge is 0.378 e. The van der Waals surface area contributed by atoms with Gasteiger partial charge < -0.3 is 4.74 Å². The van der Waals surface area contributed by atoms with Crippen molar-refractivity contribution in [3.8, 4) is 6.07 Å². The van der Waals surface area contributed by atoms with Crippen LogP contribution in [0.25, 0.3) is 0 Å². The predicted octanol–water partition coefficient (Wildman–Crippen LogP) is 4.42. The van der Waals surface area contributed by atoms with Crippen LogP contribution in [-0.4, -0.2) is 24.8 Å². The molecule has 0 amide bonds. The minimum absolute atomic E-state index is 0.370. The van der Waals surface area contributed by atoms with E-state index in [1.165, 1.54) is 25.7 Å². The zero-order valence-electron chi connectivity index (χ0n) is 14.5. The highest BCUT2D eigenvalue weighted by Gasteiger charge is 2.27. The average molecular weight is 294 g/mol. The molecule has 0 heterocycles. The Morgan fingerprint density at radius 3 is 2.52 bits per heavy atom. The van der Waals surface area contributed by atoms with Crippen molar-refractivity contribution >= 4 is 0 Å². The van der Waals surface area contributed by atoms with Gasteiger partial charge in [0.25, 0.3) is 0 Å². The summed E-state index contributed by atoms with van der Waals surface area (Å²) >= 11 is 0. The molecule has 1 atom stereocenters. The highest BCUT2D eigenvalue weighted by Crippen LogP contribution is 2.36. The Morgan fingerprint density at radius 2 is 1.95 bits per heavy atom. The Labute approximate surface area is 131 Å². The molecule has 122 valence electrons. The van der Waals surface area contributed by atoms with Gasteiger partial charge in [-0.25, -0.2) is 0 Å². The van der Waals surface area contributed by atoms with Crippen LogP contribution in [0.5, 0.6) is 0 Å². The van der Waals surface area contributed by atoms with Gasteiger partial charge in [0.05, 0.1) is 12.2 Å². The smallest absolute Gasteiger partial charge is 0.103 e. The lowest BCUT2D eigenvalue weighted by atomic mass is 9.76. The Balaban J connectivity index is 2.10. The highest BCUT2D eigenvalue weighted by atomic mass is 16.5. The van der Waals surface area contributed by atoms with E-state index < -0.39 is 0 Å². The minimum Gasteiger partial charge on any atom is -0.378 e. The van der Waals surface area contributed by atoms with E-state index in [-0.39, 0.29) is 5.54 Å². The molecule has 0 aliphatic heterocycles. The summed E-state index contributed by atoms with van der Waals surface area (Å²) in [6, 6.07) is 2.41. The summed E-state index contributed by atoms with van der Waals surface area (Å²) in [6.07, 6.45) is 9.55. The molecule has 1 aliphatic carbocycles.